The first-order valence-corrected chi connectivity index (χ1v) is 21.9. The second kappa shape index (κ2) is 20.1. The molecule has 2 saturated carbocycles. The van der Waals surface area contributed by atoms with Gasteiger partial charge in [-0.05, 0) is 85.3 Å². The molecular formula is C47H58N2O7S. The molecule has 0 spiro atoms. The van der Waals surface area contributed by atoms with Gasteiger partial charge in [0.1, 0.15) is 18.1 Å². The van der Waals surface area contributed by atoms with Crippen molar-refractivity contribution in [2.45, 2.75) is 106 Å². The van der Waals surface area contributed by atoms with Crippen molar-refractivity contribution in [2.75, 3.05) is 19.8 Å². The lowest BCUT2D eigenvalue weighted by atomic mass is 9.56. The largest absolute Gasteiger partial charge is 0.460 e. The van der Waals surface area contributed by atoms with E-state index in [0.717, 1.165) is 78.7 Å². The topological polar surface area (TPSA) is 119 Å². The number of aliphatic hydroxyl groups is 2. The number of unbranched alkanes of at least 4 members (excludes halogenated alkanes) is 2. The molecule has 1 heterocycles. The Morgan fingerprint density at radius 2 is 1.67 bits per heavy atom. The molecule has 1 amide bonds. The lowest BCUT2D eigenvalue weighted by molar-refractivity contribution is -0.223. The molecule has 0 aromatic heterocycles. The van der Waals surface area contributed by atoms with Gasteiger partial charge in [0.2, 0.25) is 5.79 Å². The van der Waals surface area contributed by atoms with Crippen molar-refractivity contribution in [3.05, 3.63) is 120 Å². The number of ether oxygens (including phenoxy) is 3. The second-order valence-electron chi connectivity index (χ2n) is 15.8. The lowest BCUT2D eigenvalue weighted by Crippen LogP contribution is -2.64. The number of oxime groups is 1. The number of amides is 1. The summed E-state index contributed by atoms with van der Waals surface area (Å²) in [4.78, 5) is 19.4. The van der Waals surface area contributed by atoms with Crippen LogP contribution in [0.15, 0.2) is 108 Å². The molecule has 10 heteroatoms. The van der Waals surface area contributed by atoms with Gasteiger partial charge < -0.3 is 34.6 Å². The van der Waals surface area contributed by atoms with Crippen molar-refractivity contribution in [1.82, 2.24) is 5.32 Å². The predicted octanol–water partition coefficient (Wildman–Crippen LogP) is 9.48. The van der Waals surface area contributed by atoms with Gasteiger partial charge in [-0.1, -0.05) is 104 Å². The second-order valence-corrected chi connectivity index (χ2v) is 17.3. The highest BCUT2D eigenvalue weighted by Gasteiger charge is 2.64. The first-order valence-electron chi connectivity index (χ1n) is 20.9. The van der Waals surface area contributed by atoms with E-state index >= 15 is 0 Å². The fourth-order valence-corrected chi connectivity index (χ4v) is 11.2. The standard InChI is InChI=1S/C47H58N2O7S/c1-2-27-53-47-43(57-37-20-9-10-21-37)30-41(49-54-32-34-17-7-4-8-18-34)39-28-35(19-11-13-25-50)38(22-12-14-26-51)44(45(39)47)40-29-36(23-24-42(40)56-47)55-46(52)48-31-33-15-5-3-6-16-33/h2-8,15-18,23-24,28-29,35,37-38,43-45,50-51H,1,9-14,19-22,25-27,30-32H2,(H,48,52)/t35-,38+,43-,44+,45+,47+/m0/s1. The van der Waals surface area contributed by atoms with Crippen molar-refractivity contribution in [1.29, 1.82) is 0 Å². The quantitative estimate of drug-likeness (QED) is 0.0624. The van der Waals surface area contributed by atoms with Gasteiger partial charge in [-0.2, -0.15) is 0 Å². The zero-order valence-corrected chi connectivity index (χ0v) is 33.8. The van der Waals surface area contributed by atoms with E-state index in [0.29, 0.717) is 43.6 Å². The molecular weight excluding hydrogens is 737 g/mol. The number of nitrogens with zero attached hydrogens (tertiary/aromatic N) is 1. The Hall–Kier alpha value is -4.09. The number of allylic oxidation sites excluding steroid dienone is 1. The number of fused-ring (bicyclic) bond motifs is 2. The van der Waals surface area contributed by atoms with Crippen LogP contribution in [0.3, 0.4) is 0 Å². The van der Waals surface area contributed by atoms with Crippen molar-refractivity contribution >= 4 is 23.6 Å². The van der Waals surface area contributed by atoms with E-state index in [1.165, 1.54) is 12.8 Å². The average molecular weight is 795 g/mol. The minimum absolute atomic E-state index is 0.0823. The van der Waals surface area contributed by atoms with Crippen molar-refractivity contribution < 1.29 is 34.1 Å². The van der Waals surface area contributed by atoms with E-state index in [-0.39, 0.29) is 42.1 Å². The van der Waals surface area contributed by atoms with Gasteiger partial charge in [0.05, 0.1) is 23.5 Å². The molecule has 0 saturated heterocycles. The van der Waals surface area contributed by atoms with Crippen LogP contribution in [0.2, 0.25) is 0 Å². The van der Waals surface area contributed by atoms with E-state index < -0.39 is 11.9 Å². The van der Waals surface area contributed by atoms with Crippen LogP contribution >= 0.6 is 11.8 Å². The zero-order chi connectivity index (χ0) is 39.5. The Morgan fingerprint density at radius 1 is 0.947 bits per heavy atom. The van der Waals surface area contributed by atoms with E-state index in [4.69, 9.17) is 24.2 Å². The van der Waals surface area contributed by atoms with E-state index in [1.54, 1.807) is 6.08 Å². The summed E-state index contributed by atoms with van der Waals surface area (Å²) in [6.07, 6.45) is 14.0. The van der Waals surface area contributed by atoms with Crippen molar-refractivity contribution in [3.63, 3.8) is 0 Å². The maximum absolute atomic E-state index is 13.2. The van der Waals surface area contributed by atoms with Crippen LogP contribution in [-0.4, -0.2) is 58.1 Å². The summed E-state index contributed by atoms with van der Waals surface area (Å²) in [6, 6.07) is 25.6. The average Bonchev–Trinajstić information content (AvgIpc) is 3.76. The summed E-state index contributed by atoms with van der Waals surface area (Å²) >= 11 is 1.98. The number of rotatable bonds is 19. The smallest absolute Gasteiger partial charge is 0.412 e. The Bertz CT molecular complexity index is 1830. The SMILES string of the molecule is C=CCO[C@@]12Oc3ccc(OC(=O)NCc4ccccc4)cc3[C@H]3[C@H](CCCCO)[C@@H](CCCCO)C=C(C(=NOCc4ccccc4)C[C@@H]1SC1CCCC1)[C@H]32. The van der Waals surface area contributed by atoms with Crippen molar-refractivity contribution in [2.24, 2.45) is 22.9 Å². The molecule has 0 bridgehead atoms. The Kier molecular flexibility index (Phi) is 14.5. The molecule has 57 heavy (non-hydrogen) atoms. The molecule has 2 fully saturated rings. The number of nitrogens with one attached hydrogen (secondary N) is 1. The molecule has 7 rings (SSSR count). The fraction of sp³-hybridized carbons (Fsp3) is 0.489. The van der Waals surface area contributed by atoms with Gasteiger partial charge in [0.15, 0.2) is 0 Å². The number of benzene rings is 3. The molecule has 4 aliphatic rings. The number of hydrogen-bond donors (Lipinski definition) is 3. The Balaban J connectivity index is 1.32. The van der Waals surface area contributed by atoms with E-state index in [9.17, 15) is 15.0 Å². The molecule has 304 valence electrons. The molecule has 3 N–H and O–H groups in total. The Labute approximate surface area is 341 Å². The number of thioether (sulfide) groups is 1. The highest BCUT2D eigenvalue weighted by Crippen LogP contribution is 2.63. The maximum atomic E-state index is 13.2. The van der Waals surface area contributed by atoms with Crippen molar-refractivity contribution in [3.8, 4) is 11.5 Å². The maximum Gasteiger partial charge on any atom is 0.412 e. The van der Waals surface area contributed by atoms with E-state index in [1.807, 2.05) is 90.6 Å². The first kappa shape index (κ1) is 41.1. The van der Waals surface area contributed by atoms with Crippen LogP contribution < -0.4 is 14.8 Å². The van der Waals surface area contributed by atoms with Gasteiger partial charge in [-0.3, -0.25) is 0 Å². The van der Waals surface area contributed by atoms with Gasteiger partial charge in [-0.25, -0.2) is 4.79 Å². The number of hydrogen-bond acceptors (Lipinski definition) is 9. The minimum Gasteiger partial charge on any atom is -0.460 e. The van der Waals surface area contributed by atoms with Gasteiger partial charge in [0.25, 0.3) is 0 Å². The molecule has 3 aromatic carbocycles. The highest BCUT2D eigenvalue weighted by atomic mass is 32.2. The van der Waals surface area contributed by atoms with Gasteiger partial charge in [0, 0.05) is 42.9 Å². The van der Waals surface area contributed by atoms with Crippen LogP contribution in [0.5, 0.6) is 11.5 Å². The minimum atomic E-state index is -1.02. The predicted molar refractivity (Wildman–Crippen MR) is 225 cm³/mol. The van der Waals surface area contributed by atoms with Crippen LogP contribution in [-0.2, 0) is 22.7 Å². The molecule has 1 aliphatic heterocycles. The Morgan fingerprint density at radius 3 is 2.39 bits per heavy atom. The van der Waals surface area contributed by atoms with Crippen LogP contribution in [0.1, 0.15) is 93.2 Å². The molecule has 6 atom stereocenters. The van der Waals surface area contributed by atoms with Gasteiger partial charge >= 0.3 is 6.09 Å². The zero-order valence-electron chi connectivity index (χ0n) is 32.9. The highest BCUT2D eigenvalue weighted by molar-refractivity contribution is 8.00. The third kappa shape index (κ3) is 9.79. The third-order valence-electron chi connectivity index (χ3n) is 12.0. The van der Waals surface area contributed by atoms with Crippen LogP contribution in [0, 0.1) is 17.8 Å². The van der Waals surface area contributed by atoms with Gasteiger partial charge in [-0.15, -0.1) is 18.3 Å². The summed E-state index contributed by atoms with van der Waals surface area (Å²) in [7, 11) is 0. The molecule has 3 aliphatic carbocycles. The number of aliphatic hydroxyl groups excluding tert-OH is 2. The summed E-state index contributed by atoms with van der Waals surface area (Å²) in [6.45, 7) is 5.37. The van der Waals surface area contributed by atoms with Crippen LogP contribution in [0.25, 0.3) is 0 Å². The lowest BCUT2D eigenvalue weighted by Gasteiger charge is -2.58. The molecule has 3 aromatic rings. The normalized spacial score (nSPS) is 25.8. The monoisotopic (exact) mass is 794 g/mol. The number of carbonyl (C=O) groups excluding carboxylic acids is 1. The summed E-state index contributed by atoms with van der Waals surface area (Å²) in [5.74, 6) is 0.138. The molecule has 0 unspecified atom stereocenters. The molecule has 9 nitrogen and oxygen atoms in total. The summed E-state index contributed by atoms with van der Waals surface area (Å²) in [5, 5.41) is 28.0. The summed E-state index contributed by atoms with van der Waals surface area (Å²) < 4.78 is 20.4. The van der Waals surface area contributed by atoms with E-state index in [2.05, 4.69) is 18.0 Å². The third-order valence-corrected chi connectivity index (χ3v) is 13.7. The molecule has 0 radical (unpaired) electrons. The number of carbonyl (C=O) groups is 1. The fourth-order valence-electron chi connectivity index (χ4n) is 9.44. The summed E-state index contributed by atoms with van der Waals surface area (Å²) in [5.41, 5.74) is 5.03. The van der Waals surface area contributed by atoms with Crippen LogP contribution in [0.4, 0.5) is 4.79 Å². The first-order chi connectivity index (χ1) is 28.0.